The van der Waals surface area contributed by atoms with Gasteiger partial charge in [-0.2, -0.15) is 0 Å². The van der Waals surface area contributed by atoms with Crippen LogP contribution in [0.3, 0.4) is 0 Å². The van der Waals surface area contributed by atoms with Crippen LogP contribution in [0.2, 0.25) is 0 Å². The Morgan fingerprint density at radius 3 is 2.22 bits per heavy atom. The largest absolute Gasteiger partial charge is 0.353 e. The molecule has 32 heavy (non-hydrogen) atoms. The van der Waals surface area contributed by atoms with Gasteiger partial charge in [-0.3, -0.25) is 19.1 Å². The van der Waals surface area contributed by atoms with Crippen LogP contribution in [0.5, 0.6) is 0 Å². The molecule has 0 aliphatic heterocycles. The molecular weight excluding hydrogens is 424 g/mol. The number of carbonyl (C=O) groups excluding carboxylic acids is 2. The molecule has 4 aromatic rings. The third-order valence-corrected chi connectivity index (χ3v) is 6.06. The summed E-state index contributed by atoms with van der Waals surface area (Å²) in [7, 11) is 1.77. The van der Waals surface area contributed by atoms with E-state index in [-0.39, 0.29) is 17.0 Å². The second kappa shape index (κ2) is 9.07. The zero-order chi connectivity index (χ0) is 22.7. The minimum atomic E-state index is -1.11. The van der Waals surface area contributed by atoms with Crippen LogP contribution in [0.1, 0.15) is 25.7 Å². The van der Waals surface area contributed by atoms with Crippen molar-refractivity contribution in [2.75, 3.05) is 5.32 Å². The first-order chi connectivity index (χ1) is 15.5. The summed E-state index contributed by atoms with van der Waals surface area (Å²) in [6.45, 7) is 1.79. The number of rotatable bonds is 7. The lowest BCUT2D eigenvalue weighted by atomic mass is 10.2. The van der Waals surface area contributed by atoms with Crippen LogP contribution in [0.25, 0.3) is 5.69 Å². The Morgan fingerprint density at radius 2 is 1.59 bits per heavy atom. The molecule has 1 amide bonds. The number of thiophene rings is 1. The van der Waals surface area contributed by atoms with Gasteiger partial charge in [-0.15, -0.1) is 11.3 Å². The lowest BCUT2D eigenvalue weighted by molar-refractivity contribution is 0.0871. The Morgan fingerprint density at radius 1 is 0.938 bits per heavy atom. The number of hydrogen-bond acceptors (Lipinski definition) is 5. The summed E-state index contributed by atoms with van der Waals surface area (Å²) in [6, 6.07) is 21.3. The molecule has 0 bridgehead atoms. The van der Waals surface area contributed by atoms with Gasteiger partial charge >= 0.3 is 0 Å². The van der Waals surface area contributed by atoms with Crippen molar-refractivity contribution in [3.8, 4) is 5.69 Å². The third kappa shape index (κ3) is 4.13. The number of Topliss-reactive ketones (excluding diaryl/α,β-unsaturated/α-hetero) is 1. The van der Waals surface area contributed by atoms with Crippen LogP contribution < -0.4 is 16.2 Å². The van der Waals surface area contributed by atoms with E-state index in [0.717, 1.165) is 0 Å². The molecule has 2 N–H and O–H groups in total. The Bertz CT molecular complexity index is 1290. The number of carbonyl (C=O) groups is 2. The Balaban J connectivity index is 1.71. The van der Waals surface area contributed by atoms with Crippen molar-refractivity contribution in [1.29, 1.82) is 0 Å². The van der Waals surface area contributed by atoms with E-state index in [1.54, 1.807) is 60.4 Å². The molecule has 8 heteroatoms. The van der Waals surface area contributed by atoms with Gasteiger partial charge in [0.05, 0.1) is 16.3 Å². The molecule has 0 fully saturated rings. The first kappa shape index (κ1) is 21.3. The summed E-state index contributed by atoms with van der Waals surface area (Å²) in [4.78, 5) is 39.7. The van der Waals surface area contributed by atoms with E-state index >= 15 is 0 Å². The van der Waals surface area contributed by atoms with Gasteiger partial charge in [-0.1, -0.05) is 42.5 Å². The van der Waals surface area contributed by atoms with Gasteiger partial charge in [-0.05, 0) is 42.6 Å². The standard InChI is InChI=1S/C24H22N4O3S/c1-16-20(24(31)28(27(16)2)18-12-7-4-8-13-18)25-22(21(29)19-14-9-15-32-19)26-23(30)17-10-5-3-6-11-17/h3-15,22,25H,1-2H3,(H,26,30)/t22-/m0/s1. The number of amides is 1. The lowest BCUT2D eigenvalue weighted by Crippen LogP contribution is -2.47. The van der Waals surface area contributed by atoms with E-state index in [1.165, 1.54) is 16.0 Å². The molecule has 2 heterocycles. The highest BCUT2D eigenvalue weighted by Gasteiger charge is 2.27. The van der Waals surface area contributed by atoms with Gasteiger partial charge in [0.2, 0.25) is 5.78 Å². The molecule has 0 spiro atoms. The maximum Gasteiger partial charge on any atom is 0.295 e. The van der Waals surface area contributed by atoms with Crippen molar-refractivity contribution in [1.82, 2.24) is 14.7 Å². The number of hydrogen-bond donors (Lipinski definition) is 2. The Labute approximate surface area is 188 Å². The molecular formula is C24H22N4O3S. The Kier molecular flexibility index (Phi) is 6.04. The van der Waals surface area contributed by atoms with Crippen LogP contribution in [0.15, 0.2) is 83.0 Å². The minimum Gasteiger partial charge on any atom is -0.353 e. The number of nitrogens with one attached hydrogen (secondary N) is 2. The van der Waals surface area contributed by atoms with Crippen molar-refractivity contribution in [2.45, 2.75) is 13.1 Å². The Hall–Kier alpha value is -3.91. The van der Waals surface area contributed by atoms with Crippen LogP contribution in [0.4, 0.5) is 5.69 Å². The maximum absolute atomic E-state index is 13.3. The van der Waals surface area contributed by atoms with Gasteiger partial charge in [0.25, 0.3) is 11.5 Å². The summed E-state index contributed by atoms with van der Waals surface area (Å²) in [5, 5.41) is 7.54. The quantitative estimate of drug-likeness (QED) is 0.336. The molecule has 1 atom stereocenters. The zero-order valence-corrected chi connectivity index (χ0v) is 18.4. The molecule has 2 aromatic carbocycles. The molecule has 4 rings (SSSR count). The maximum atomic E-state index is 13.3. The topological polar surface area (TPSA) is 85.1 Å². The predicted octanol–water partition coefficient (Wildman–Crippen LogP) is 3.60. The van der Waals surface area contributed by atoms with Crippen LogP contribution in [-0.4, -0.2) is 27.2 Å². The molecule has 2 aromatic heterocycles. The summed E-state index contributed by atoms with van der Waals surface area (Å²) < 4.78 is 3.23. The molecule has 7 nitrogen and oxygen atoms in total. The molecule has 0 saturated carbocycles. The van der Waals surface area contributed by atoms with E-state index in [9.17, 15) is 14.4 Å². The average molecular weight is 447 g/mol. The molecule has 0 aliphatic rings. The van der Waals surface area contributed by atoms with Crippen molar-refractivity contribution in [2.24, 2.45) is 7.05 Å². The highest BCUT2D eigenvalue weighted by molar-refractivity contribution is 7.12. The molecule has 0 unspecified atom stereocenters. The number of nitrogens with zero attached hydrogens (tertiary/aromatic N) is 2. The van der Waals surface area contributed by atoms with Crippen LogP contribution in [0, 0.1) is 6.92 Å². The summed E-state index contributed by atoms with van der Waals surface area (Å²) in [5.74, 6) is -0.733. The molecule has 0 aliphatic carbocycles. The SMILES string of the molecule is Cc1c(N[C@@H](NC(=O)c2ccccc2)C(=O)c2cccs2)c(=O)n(-c2ccccc2)n1C. The highest BCUT2D eigenvalue weighted by Crippen LogP contribution is 2.17. The highest BCUT2D eigenvalue weighted by atomic mass is 32.1. The van der Waals surface area contributed by atoms with E-state index < -0.39 is 12.1 Å². The van der Waals surface area contributed by atoms with E-state index in [1.807, 2.05) is 36.4 Å². The van der Waals surface area contributed by atoms with Gasteiger partial charge in [-0.25, -0.2) is 4.68 Å². The summed E-state index contributed by atoms with van der Waals surface area (Å²) in [6.07, 6.45) is -1.11. The normalized spacial score (nSPS) is 11.7. The lowest BCUT2D eigenvalue weighted by Gasteiger charge is -2.19. The van der Waals surface area contributed by atoms with Crippen molar-refractivity contribution in [3.63, 3.8) is 0 Å². The first-order valence-corrected chi connectivity index (χ1v) is 10.9. The van der Waals surface area contributed by atoms with E-state index in [0.29, 0.717) is 21.8 Å². The third-order valence-electron chi connectivity index (χ3n) is 5.18. The van der Waals surface area contributed by atoms with Crippen LogP contribution >= 0.6 is 11.3 Å². The monoisotopic (exact) mass is 446 g/mol. The van der Waals surface area contributed by atoms with Crippen molar-refractivity contribution < 1.29 is 9.59 Å². The van der Waals surface area contributed by atoms with Crippen molar-refractivity contribution >= 4 is 28.7 Å². The molecule has 0 radical (unpaired) electrons. The van der Waals surface area contributed by atoms with Gasteiger partial charge in [0.15, 0.2) is 6.17 Å². The number of aromatic nitrogens is 2. The summed E-state index contributed by atoms with van der Waals surface area (Å²) in [5.41, 5.74) is 1.70. The minimum absolute atomic E-state index is 0.250. The number of benzene rings is 2. The first-order valence-electron chi connectivity index (χ1n) is 10.0. The fourth-order valence-corrected chi connectivity index (χ4v) is 4.11. The summed E-state index contributed by atoms with van der Waals surface area (Å²) >= 11 is 1.28. The number of anilines is 1. The fourth-order valence-electron chi connectivity index (χ4n) is 3.41. The van der Waals surface area contributed by atoms with Crippen molar-refractivity contribution in [3.05, 3.63) is 105 Å². The van der Waals surface area contributed by atoms with E-state index in [4.69, 9.17) is 0 Å². The van der Waals surface area contributed by atoms with Gasteiger partial charge < -0.3 is 10.6 Å². The number of para-hydroxylation sites is 1. The smallest absolute Gasteiger partial charge is 0.295 e. The second-order valence-corrected chi connectivity index (χ2v) is 8.14. The van der Waals surface area contributed by atoms with E-state index in [2.05, 4.69) is 10.6 Å². The fraction of sp³-hybridized carbons (Fsp3) is 0.125. The van der Waals surface area contributed by atoms with Gasteiger partial charge in [0.1, 0.15) is 5.69 Å². The second-order valence-electron chi connectivity index (χ2n) is 7.19. The molecule has 0 saturated heterocycles. The van der Waals surface area contributed by atoms with Crippen LogP contribution in [-0.2, 0) is 7.05 Å². The average Bonchev–Trinajstić information content (AvgIpc) is 3.43. The number of ketones is 1. The van der Waals surface area contributed by atoms with Gasteiger partial charge in [0, 0.05) is 12.6 Å². The zero-order valence-electron chi connectivity index (χ0n) is 17.6. The predicted molar refractivity (Wildman–Crippen MR) is 126 cm³/mol. The molecule has 162 valence electrons.